The van der Waals surface area contributed by atoms with Crippen LogP contribution in [0, 0.1) is 0 Å². The van der Waals surface area contributed by atoms with Crippen molar-refractivity contribution in [2.45, 2.75) is 13.1 Å². The summed E-state index contributed by atoms with van der Waals surface area (Å²) in [6.07, 6.45) is 7.11. The molecule has 7 nitrogen and oxygen atoms in total. The number of carbonyl (C=O) groups excluding carboxylic acids is 2. The lowest BCUT2D eigenvalue weighted by Crippen LogP contribution is -3.00. The molecule has 0 atom stereocenters. The monoisotopic (exact) mass is 496 g/mol. The number of hydrogen-bond donors (Lipinski definition) is 2. The summed E-state index contributed by atoms with van der Waals surface area (Å²) in [5, 5.41) is 0. The van der Waals surface area contributed by atoms with Gasteiger partial charge in [-0.05, 0) is 12.1 Å². The first-order valence-electron chi connectivity index (χ1n) is 7.66. The Balaban J connectivity index is 0.00000182. The Hall–Kier alpha value is -2.52. The summed E-state index contributed by atoms with van der Waals surface area (Å²) in [7, 11) is 0. The Morgan fingerprint density at radius 3 is 1.33 bits per heavy atom. The van der Waals surface area contributed by atoms with E-state index in [1.807, 2.05) is 21.3 Å². The lowest BCUT2D eigenvalue weighted by Gasteiger charge is -1.97. The Bertz CT molecular complexity index is 835. The van der Waals surface area contributed by atoms with Gasteiger partial charge in [-0.25, -0.2) is 0 Å². The van der Waals surface area contributed by atoms with Crippen LogP contribution < -0.4 is 54.6 Å². The summed E-state index contributed by atoms with van der Waals surface area (Å²) in [5.41, 5.74) is 11.4. The van der Waals surface area contributed by atoms with Crippen LogP contribution in [0.15, 0.2) is 65.6 Å². The van der Waals surface area contributed by atoms with Crippen molar-refractivity contribution in [3.63, 3.8) is 0 Å². The zero-order valence-electron chi connectivity index (χ0n) is 14.2. The highest BCUT2D eigenvalue weighted by molar-refractivity contribution is 5.92. The van der Waals surface area contributed by atoms with Crippen molar-refractivity contribution < 1.29 is 57.1 Å². The van der Waals surface area contributed by atoms with Gasteiger partial charge in [0.1, 0.15) is 0 Å². The SMILES string of the molecule is NC(=O)c1cc[n+](Cc2ccc(C[n+]3ccc(C(N)=O)cc3)o2)cc1.[Br-].[Br-]. The molecule has 0 saturated heterocycles. The number of nitrogens with two attached hydrogens (primary N) is 2. The molecule has 142 valence electrons. The van der Waals surface area contributed by atoms with Crippen LogP contribution in [-0.2, 0) is 13.1 Å². The summed E-state index contributed by atoms with van der Waals surface area (Å²) < 4.78 is 9.61. The van der Waals surface area contributed by atoms with E-state index < -0.39 is 11.8 Å². The normalized spacial score (nSPS) is 9.78. The van der Waals surface area contributed by atoms with Gasteiger partial charge in [-0.15, -0.1) is 0 Å². The molecule has 2 amide bonds. The second-order valence-electron chi connectivity index (χ2n) is 5.61. The fourth-order valence-electron chi connectivity index (χ4n) is 2.41. The molecule has 0 spiro atoms. The quantitative estimate of drug-likeness (QED) is 0.331. The van der Waals surface area contributed by atoms with Crippen molar-refractivity contribution >= 4 is 11.8 Å². The maximum Gasteiger partial charge on any atom is 0.249 e. The number of hydrogen-bond acceptors (Lipinski definition) is 3. The average molecular weight is 498 g/mol. The first-order valence-corrected chi connectivity index (χ1v) is 7.66. The number of nitrogens with zero attached hydrogens (tertiary/aromatic N) is 2. The summed E-state index contributed by atoms with van der Waals surface area (Å²) in [4.78, 5) is 22.1. The summed E-state index contributed by atoms with van der Waals surface area (Å²) >= 11 is 0. The number of aromatic nitrogens is 2. The van der Waals surface area contributed by atoms with E-state index in [4.69, 9.17) is 15.9 Å². The molecule has 0 unspecified atom stereocenters. The smallest absolute Gasteiger partial charge is 0.249 e. The standard InChI is InChI=1S/C18H16N4O3.2BrH/c19-17(23)13-3-7-21(8-4-13)11-15-1-2-16(25-15)12-22-9-5-14(6-10-22)18(20)24;;/h1-10H,11-12H2,(H2-2,19,20,23,24);2*1H. The number of rotatable bonds is 6. The number of halogens is 2. The summed E-state index contributed by atoms with van der Waals surface area (Å²) in [6, 6.07) is 10.5. The summed E-state index contributed by atoms with van der Waals surface area (Å²) in [6.45, 7) is 1.09. The molecule has 3 heterocycles. The molecule has 27 heavy (non-hydrogen) atoms. The number of furan rings is 1. The van der Waals surface area contributed by atoms with Gasteiger partial charge in [-0.2, -0.15) is 9.13 Å². The van der Waals surface area contributed by atoms with Gasteiger partial charge in [-0.1, -0.05) is 0 Å². The molecule has 0 aromatic carbocycles. The van der Waals surface area contributed by atoms with E-state index in [-0.39, 0.29) is 34.0 Å². The fourth-order valence-corrected chi connectivity index (χ4v) is 2.41. The first kappa shape index (κ1) is 22.5. The molecule has 0 bridgehead atoms. The Kier molecular flexibility index (Phi) is 8.32. The van der Waals surface area contributed by atoms with Crippen molar-refractivity contribution in [3.8, 4) is 0 Å². The maximum absolute atomic E-state index is 11.1. The minimum atomic E-state index is -0.452. The van der Waals surface area contributed by atoms with E-state index in [1.165, 1.54) is 0 Å². The van der Waals surface area contributed by atoms with E-state index in [0.717, 1.165) is 11.5 Å². The van der Waals surface area contributed by atoms with Crippen molar-refractivity contribution in [1.82, 2.24) is 0 Å². The molecule has 3 aromatic rings. The van der Waals surface area contributed by atoms with Crippen LogP contribution >= 0.6 is 0 Å². The van der Waals surface area contributed by atoms with Crippen LogP contribution in [-0.4, -0.2) is 11.8 Å². The molecule has 0 aliphatic rings. The average Bonchev–Trinajstić information content (AvgIpc) is 3.02. The van der Waals surface area contributed by atoms with Gasteiger partial charge in [0.05, 0.1) is 11.1 Å². The maximum atomic E-state index is 11.1. The molecule has 0 saturated carbocycles. The molecular weight excluding hydrogens is 480 g/mol. The lowest BCUT2D eigenvalue weighted by atomic mass is 10.2. The van der Waals surface area contributed by atoms with Gasteiger partial charge in [0.15, 0.2) is 36.3 Å². The highest BCUT2D eigenvalue weighted by Crippen LogP contribution is 2.07. The minimum Gasteiger partial charge on any atom is -1.00 e. The van der Waals surface area contributed by atoms with Gasteiger partial charge in [0, 0.05) is 24.3 Å². The fraction of sp³-hybridized carbons (Fsp3) is 0.111. The third kappa shape index (κ3) is 6.00. The molecule has 0 aliphatic heterocycles. The molecule has 0 fully saturated rings. The van der Waals surface area contributed by atoms with Gasteiger partial charge >= 0.3 is 0 Å². The molecule has 0 aliphatic carbocycles. The van der Waals surface area contributed by atoms with Crippen molar-refractivity contribution in [3.05, 3.63) is 83.8 Å². The van der Waals surface area contributed by atoms with Crippen LogP contribution in [0.25, 0.3) is 0 Å². The third-order valence-electron chi connectivity index (χ3n) is 3.75. The third-order valence-corrected chi connectivity index (χ3v) is 3.75. The van der Waals surface area contributed by atoms with E-state index in [2.05, 4.69) is 0 Å². The van der Waals surface area contributed by atoms with Gasteiger partial charge < -0.3 is 49.8 Å². The molecule has 4 N–H and O–H groups in total. The second kappa shape index (κ2) is 9.98. The van der Waals surface area contributed by atoms with Gasteiger partial charge in [0.25, 0.3) is 0 Å². The van der Waals surface area contributed by atoms with Gasteiger partial charge in [-0.3, -0.25) is 9.59 Å². The number of pyridine rings is 2. The van der Waals surface area contributed by atoms with E-state index >= 15 is 0 Å². The largest absolute Gasteiger partial charge is 1.00 e. The number of carbonyl (C=O) groups is 2. The lowest BCUT2D eigenvalue weighted by molar-refractivity contribution is -0.692. The van der Waals surface area contributed by atoms with Crippen LogP contribution in [0.3, 0.4) is 0 Å². The molecule has 0 radical (unpaired) electrons. The predicted octanol–water partition coefficient (Wildman–Crippen LogP) is -5.84. The van der Waals surface area contributed by atoms with E-state index in [1.54, 1.807) is 49.1 Å². The molecule has 3 rings (SSSR count). The number of primary amides is 2. The first-order chi connectivity index (χ1) is 12.0. The van der Waals surface area contributed by atoms with Crippen LogP contribution in [0.1, 0.15) is 32.2 Å². The van der Waals surface area contributed by atoms with E-state index in [9.17, 15) is 9.59 Å². The van der Waals surface area contributed by atoms with Crippen LogP contribution in [0.2, 0.25) is 0 Å². The van der Waals surface area contributed by atoms with E-state index in [0.29, 0.717) is 24.2 Å². The Morgan fingerprint density at radius 2 is 1.04 bits per heavy atom. The zero-order chi connectivity index (χ0) is 17.8. The zero-order valence-corrected chi connectivity index (χ0v) is 17.4. The van der Waals surface area contributed by atoms with Gasteiger partial charge in [0.2, 0.25) is 24.9 Å². The molecule has 3 aromatic heterocycles. The van der Waals surface area contributed by atoms with Crippen molar-refractivity contribution in [2.24, 2.45) is 11.5 Å². The highest BCUT2D eigenvalue weighted by Gasteiger charge is 2.12. The highest BCUT2D eigenvalue weighted by atomic mass is 79.9. The van der Waals surface area contributed by atoms with Crippen LogP contribution in [0.4, 0.5) is 0 Å². The Morgan fingerprint density at radius 1 is 0.704 bits per heavy atom. The predicted molar refractivity (Wildman–Crippen MR) is 87.2 cm³/mol. The Labute approximate surface area is 177 Å². The molecule has 9 heteroatoms. The summed E-state index contributed by atoms with van der Waals surface area (Å²) in [5.74, 6) is 0.681. The molecular formula is C18H18Br2N4O3. The minimum absolute atomic E-state index is 0. The van der Waals surface area contributed by atoms with Crippen LogP contribution in [0.5, 0.6) is 0 Å². The topological polar surface area (TPSA) is 107 Å². The van der Waals surface area contributed by atoms with Crippen molar-refractivity contribution in [2.75, 3.05) is 0 Å². The van der Waals surface area contributed by atoms with Crippen molar-refractivity contribution in [1.29, 1.82) is 0 Å². The number of amides is 2. The second-order valence-corrected chi connectivity index (χ2v) is 5.61.